The summed E-state index contributed by atoms with van der Waals surface area (Å²) in [5, 5.41) is 8.33. The number of carbonyl (C=O) groups is 1. The number of likely N-dealkylation sites (tertiary alicyclic amines) is 1. The first kappa shape index (κ1) is 22.8. The normalized spacial score (nSPS) is 15.7. The summed E-state index contributed by atoms with van der Waals surface area (Å²) in [6.07, 6.45) is 11.8. The van der Waals surface area contributed by atoms with Gasteiger partial charge in [-0.2, -0.15) is 5.10 Å². The third-order valence-corrected chi connectivity index (χ3v) is 6.26. The molecule has 180 valence electrons. The fraction of sp³-hybridized carbons (Fsp3) is 0.346. The molecule has 5 rings (SSSR count). The van der Waals surface area contributed by atoms with Gasteiger partial charge in [0.25, 0.3) is 0 Å². The number of hydrogen-bond acceptors (Lipinski definition) is 7. The van der Waals surface area contributed by atoms with E-state index in [0.29, 0.717) is 31.8 Å². The molecule has 0 bridgehead atoms. The van der Waals surface area contributed by atoms with Gasteiger partial charge in [0.2, 0.25) is 0 Å². The van der Waals surface area contributed by atoms with Gasteiger partial charge in [-0.05, 0) is 51.3 Å². The molecular formula is C26H28N6O3. The Morgan fingerprint density at radius 3 is 2.40 bits per heavy atom. The highest BCUT2D eigenvalue weighted by molar-refractivity contribution is 5.69. The summed E-state index contributed by atoms with van der Waals surface area (Å²) in [5.41, 5.74) is 2.79. The van der Waals surface area contributed by atoms with Crippen molar-refractivity contribution < 1.29 is 14.1 Å². The predicted octanol–water partition coefficient (Wildman–Crippen LogP) is 4.77. The third kappa shape index (κ3) is 4.66. The third-order valence-electron chi connectivity index (χ3n) is 6.26. The zero-order valence-corrected chi connectivity index (χ0v) is 20.1. The van der Waals surface area contributed by atoms with Crippen molar-refractivity contribution in [2.24, 2.45) is 0 Å². The Bertz CT molecular complexity index is 1270. The van der Waals surface area contributed by atoms with Crippen LogP contribution in [0, 0.1) is 0 Å². The van der Waals surface area contributed by atoms with Crippen molar-refractivity contribution >= 4 is 6.09 Å². The molecule has 9 heteroatoms. The van der Waals surface area contributed by atoms with Crippen LogP contribution in [0.1, 0.15) is 39.2 Å². The molecular weight excluding hydrogens is 444 g/mol. The lowest BCUT2D eigenvalue weighted by Gasteiger charge is -2.42. The molecule has 0 spiro atoms. The number of ether oxygens (including phenoxy) is 1. The number of aromatic nitrogens is 5. The molecule has 0 unspecified atom stereocenters. The number of hydrogen-bond donors (Lipinski definition) is 0. The first-order valence-electron chi connectivity index (χ1n) is 11.6. The van der Waals surface area contributed by atoms with Gasteiger partial charge < -0.3 is 14.2 Å². The van der Waals surface area contributed by atoms with E-state index < -0.39 is 11.1 Å². The van der Waals surface area contributed by atoms with Crippen LogP contribution in [0.2, 0.25) is 0 Å². The maximum atomic E-state index is 12.6. The SMILES string of the molecule is CC(C)(C)OC(=O)N1CCC(c2cnc(-c3cccc(-c4cnoc4)c3)nc2)(n2cccn2)CC1. The highest BCUT2D eigenvalue weighted by atomic mass is 16.6. The van der Waals surface area contributed by atoms with Gasteiger partial charge in [0.15, 0.2) is 5.82 Å². The molecule has 35 heavy (non-hydrogen) atoms. The van der Waals surface area contributed by atoms with Crippen molar-refractivity contribution in [3.63, 3.8) is 0 Å². The van der Waals surface area contributed by atoms with E-state index in [1.54, 1.807) is 23.6 Å². The Labute approximate surface area is 203 Å². The molecule has 3 aromatic heterocycles. The molecule has 0 aliphatic carbocycles. The van der Waals surface area contributed by atoms with Crippen LogP contribution in [0.3, 0.4) is 0 Å². The van der Waals surface area contributed by atoms with Crippen LogP contribution in [-0.2, 0) is 10.3 Å². The van der Waals surface area contributed by atoms with Crippen molar-refractivity contribution in [3.8, 4) is 22.5 Å². The van der Waals surface area contributed by atoms with E-state index in [2.05, 4.69) is 10.3 Å². The Kier molecular flexibility index (Phi) is 5.84. The van der Waals surface area contributed by atoms with Gasteiger partial charge in [-0.1, -0.05) is 23.4 Å². The van der Waals surface area contributed by atoms with E-state index in [0.717, 1.165) is 22.3 Å². The number of carbonyl (C=O) groups excluding carboxylic acids is 1. The van der Waals surface area contributed by atoms with E-state index >= 15 is 0 Å². The van der Waals surface area contributed by atoms with Crippen LogP contribution >= 0.6 is 0 Å². The Morgan fingerprint density at radius 2 is 1.77 bits per heavy atom. The molecule has 0 atom stereocenters. The summed E-state index contributed by atoms with van der Waals surface area (Å²) in [5.74, 6) is 0.633. The summed E-state index contributed by atoms with van der Waals surface area (Å²) >= 11 is 0. The lowest BCUT2D eigenvalue weighted by Crippen LogP contribution is -2.50. The highest BCUT2D eigenvalue weighted by Crippen LogP contribution is 2.37. The van der Waals surface area contributed by atoms with Crippen LogP contribution in [0.15, 0.2) is 72.1 Å². The topological polar surface area (TPSA) is 99.2 Å². The minimum Gasteiger partial charge on any atom is -0.444 e. The minimum atomic E-state index is -0.525. The number of amides is 1. The van der Waals surface area contributed by atoms with E-state index in [9.17, 15) is 4.79 Å². The maximum Gasteiger partial charge on any atom is 0.410 e. The van der Waals surface area contributed by atoms with Crippen molar-refractivity contribution in [1.29, 1.82) is 0 Å². The second-order valence-electron chi connectivity index (χ2n) is 9.74. The van der Waals surface area contributed by atoms with Gasteiger partial charge >= 0.3 is 6.09 Å². The smallest absolute Gasteiger partial charge is 0.410 e. The quantitative estimate of drug-likeness (QED) is 0.422. The van der Waals surface area contributed by atoms with Crippen LogP contribution in [-0.4, -0.2) is 54.6 Å². The summed E-state index contributed by atoms with van der Waals surface area (Å²) < 4.78 is 12.5. The standard InChI is InChI=1S/C26H28N6O3/c1-25(2,3)35-24(33)31-12-8-26(9-13-31,32-11-5-10-29-32)22-16-27-23(28-17-22)20-7-4-6-19(14-20)21-15-30-34-18-21/h4-7,10-11,14-18H,8-9,12-13H2,1-3H3. The van der Waals surface area contributed by atoms with Gasteiger partial charge in [-0.25, -0.2) is 14.8 Å². The van der Waals surface area contributed by atoms with Crippen molar-refractivity contribution in [2.75, 3.05) is 13.1 Å². The lowest BCUT2D eigenvalue weighted by molar-refractivity contribution is 0.0137. The van der Waals surface area contributed by atoms with Gasteiger partial charge in [0.1, 0.15) is 11.9 Å². The first-order chi connectivity index (χ1) is 16.8. The number of nitrogens with zero attached hydrogens (tertiary/aromatic N) is 6. The summed E-state index contributed by atoms with van der Waals surface area (Å²) in [7, 11) is 0. The van der Waals surface area contributed by atoms with Gasteiger partial charge in [0, 0.05) is 54.6 Å². The van der Waals surface area contributed by atoms with Crippen LogP contribution in [0.25, 0.3) is 22.5 Å². The van der Waals surface area contributed by atoms with E-state index in [1.807, 2.05) is 74.4 Å². The Morgan fingerprint density at radius 1 is 1.03 bits per heavy atom. The maximum absolute atomic E-state index is 12.6. The zero-order chi connectivity index (χ0) is 24.5. The van der Waals surface area contributed by atoms with Gasteiger partial charge in [0.05, 0.1) is 11.7 Å². The van der Waals surface area contributed by atoms with E-state index in [1.165, 1.54) is 0 Å². The molecule has 1 aliphatic rings. The van der Waals surface area contributed by atoms with Crippen molar-refractivity contribution in [1.82, 2.24) is 29.8 Å². The molecule has 0 radical (unpaired) electrons. The lowest BCUT2D eigenvalue weighted by atomic mass is 9.82. The van der Waals surface area contributed by atoms with Crippen molar-refractivity contribution in [3.05, 3.63) is 73.1 Å². The zero-order valence-electron chi connectivity index (χ0n) is 20.1. The average Bonchev–Trinajstić information content (AvgIpc) is 3.58. The van der Waals surface area contributed by atoms with E-state index in [4.69, 9.17) is 19.2 Å². The second kappa shape index (κ2) is 8.98. The largest absolute Gasteiger partial charge is 0.444 e. The van der Waals surface area contributed by atoms with Gasteiger partial charge in [-0.3, -0.25) is 4.68 Å². The van der Waals surface area contributed by atoms with E-state index in [-0.39, 0.29) is 6.09 Å². The fourth-order valence-corrected chi connectivity index (χ4v) is 4.46. The molecule has 0 N–H and O–H groups in total. The number of benzene rings is 1. The van der Waals surface area contributed by atoms with Crippen molar-refractivity contribution in [2.45, 2.75) is 44.8 Å². The summed E-state index contributed by atoms with van der Waals surface area (Å²) in [6.45, 7) is 6.74. The molecule has 1 saturated heterocycles. The molecule has 1 fully saturated rings. The fourth-order valence-electron chi connectivity index (χ4n) is 4.46. The molecule has 9 nitrogen and oxygen atoms in total. The van der Waals surface area contributed by atoms with Crippen LogP contribution in [0.4, 0.5) is 4.79 Å². The monoisotopic (exact) mass is 472 g/mol. The molecule has 4 aromatic rings. The molecule has 1 aromatic carbocycles. The average molecular weight is 473 g/mol. The number of piperidine rings is 1. The summed E-state index contributed by atoms with van der Waals surface area (Å²) in [6, 6.07) is 9.87. The molecule has 4 heterocycles. The summed E-state index contributed by atoms with van der Waals surface area (Å²) in [4.78, 5) is 23.8. The Balaban J connectivity index is 1.40. The van der Waals surface area contributed by atoms with Gasteiger partial charge in [-0.15, -0.1) is 0 Å². The highest BCUT2D eigenvalue weighted by Gasteiger charge is 2.41. The second-order valence-corrected chi connectivity index (χ2v) is 9.74. The molecule has 0 saturated carbocycles. The predicted molar refractivity (Wildman–Crippen MR) is 129 cm³/mol. The number of rotatable bonds is 4. The van der Waals surface area contributed by atoms with Crippen LogP contribution in [0.5, 0.6) is 0 Å². The first-order valence-corrected chi connectivity index (χ1v) is 11.6. The minimum absolute atomic E-state index is 0.286. The molecule has 1 amide bonds. The molecule has 1 aliphatic heterocycles. The Hall–Kier alpha value is -4.01. The van der Waals surface area contributed by atoms with Crippen LogP contribution < -0.4 is 0 Å².